The van der Waals surface area contributed by atoms with Gasteiger partial charge in [-0.1, -0.05) is 35.5 Å². The maximum Gasteiger partial charge on any atom is 0.205 e. The molecule has 0 fully saturated rings. The van der Waals surface area contributed by atoms with Gasteiger partial charge in [-0.3, -0.25) is 4.79 Å². The summed E-state index contributed by atoms with van der Waals surface area (Å²) >= 11 is 0. The van der Waals surface area contributed by atoms with Gasteiger partial charge >= 0.3 is 0 Å². The molecule has 1 aromatic heterocycles. The summed E-state index contributed by atoms with van der Waals surface area (Å²) in [6.07, 6.45) is 0.448. The van der Waals surface area contributed by atoms with Crippen molar-refractivity contribution in [1.82, 2.24) is 5.16 Å². The molecule has 1 atom stereocenters. The van der Waals surface area contributed by atoms with Gasteiger partial charge in [-0.25, -0.2) is 0 Å². The summed E-state index contributed by atoms with van der Waals surface area (Å²) < 4.78 is 10.9. The van der Waals surface area contributed by atoms with Gasteiger partial charge in [0.05, 0.1) is 6.61 Å². The molecule has 1 aliphatic heterocycles. The maximum absolute atomic E-state index is 11.4. The Labute approximate surface area is 105 Å². The highest BCUT2D eigenvalue weighted by atomic mass is 16.5. The molecule has 0 saturated carbocycles. The third kappa shape index (κ3) is 1.75. The first-order valence-corrected chi connectivity index (χ1v) is 5.93. The summed E-state index contributed by atoms with van der Waals surface area (Å²) in [5.41, 5.74) is 2.65. The highest BCUT2D eigenvalue weighted by molar-refractivity contribution is 5.92. The van der Waals surface area contributed by atoms with Crippen LogP contribution in [-0.4, -0.2) is 17.5 Å². The lowest BCUT2D eigenvalue weighted by molar-refractivity contribution is 0.0656. The number of aromatic nitrogens is 1. The molecule has 1 aromatic carbocycles. The number of Topliss-reactive ketones (excluding diaryl/α,β-unsaturated/α-hetero) is 1. The van der Waals surface area contributed by atoms with Crippen molar-refractivity contribution in [2.24, 2.45) is 0 Å². The second-order valence-electron chi connectivity index (χ2n) is 4.34. The summed E-state index contributed by atoms with van der Waals surface area (Å²) in [7, 11) is 0. The van der Waals surface area contributed by atoms with Crippen LogP contribution in [0.5, 0.6) is 0 Å². The molecule has 0 N–H and O–H groups in total. The maximum atomic E-state index is 11.4. The lowest BCUT2D eigenvalue weighted by Gasteiger charge is -2.21. The zero-order valence-corrected chi connectivity index (χ0v) is 10.1. The molecule has 92 valence electrons. The van der Waals surface area contributed by atoms with Crippen molar-refractivity contribution in [3.05, 3.63) is 52.9 Å². The minimum Gasteiger partial charge on any atom is -0.367 e. The van der Waals surface area contributed by atoms with Crippen molar-refractivity contribution >= 4 is 5.78 Å². The number of benzene rings is 1. The Hall–Kier alpha value is -1.94. The van der Waals surface area contributed by atoms with E-state index in [2.05, 4.69) is 5.16 Å². The molecular weight excluding hydrogens is 230 g/mol. The minimum atomic E-state index is -0.230. The van der Waals surface area contributed by atoms with E-state index in [-0.39, 0.29) is 11.9 Å². The molecule has 0 aliphatic carbocycles. The van der Waals surface area contributed by atoms with Crippen molar-refractivity contribution < 1.29 is 14.1 Å². The van der Waals surface area contributed by atoms with Crippen LogP contribution in [0.1, 0.15) is 40.4 Å². The van der Waals surface area contributed by atoms with E-state index < -0.39 is 0 Å². The molecule has 1 aliphatic rings. The molecule has 3 rings (SSSR count). The van der Waals surface area contributed by atoms with E-state index in [1.807, 2.05) is 30.3 Å². The van der Waals surface area contributed by atoms with Crippen LogP contribution < -0.4 is 0 Å². The van der Waals surface area contributed by atoms with Gasteiger partial charge in [0.2, 0.25) is 5.76 Å². The van der Waals surface area contributed by atoms with Gasteiger partial charge < -0.3 is 9.26 Å². The average Bonchev–Trinajstić information content (AvgIpc) is 2.83. The largest absolute Gasteiger partial charge is 0.367 e. The lowest BCUT2D eigenvalue weighted by atomic mass is 9.97. The Morgan fingerprint density at radius 3 is 2.83 bits per heavy atom. The molecule has 0 spiro atoms. The third-order valence-corrected chi connectivity index (χ3v) is 3.13. The lowest BCUT2D eigenvalue weighted by Crippen LogP contribution is -2.18. The highest BCUT2D eigenvalue weighted by Crippen LogP contribution is 2.33. The van der Waals surface area contributed by atoms with Crippen molar-refractivity contribution in [3.8, 4) is 0 Å². The molecule has 1 unspecified atom stereocenters. The Balaban J connectivity index is 2.06. The summed E-state index contributed by atoms with van der Waals surface area (Å²) in [5.74, 6) is 0.284. The molecule has 2 heterocycles. The van der Waals surface area contributed by atoms with Crippen LogP contribution in [0.25, 0.3) is 0 Å². The number of hydrogen-bond donors (Lipinski definition) is 0. The summed E-state index contributed by atoms with van der Waals surface area (Å²) in [4.78, 5) is 11.4. The van der Waals surface area contributed by atoms with Crippen LogP contribution >= 0.6 is 0 Å². The first-order chi connectivity index (χ1) is 8.77. The van der Waals surface area contributed by atoms with Crippen molar-refractivity contribution in [2.75, 3.05) is 6.61 Å². The second kappa shape index (κ2) is 4.38. The fourth-order valence-electron chi connectivity index (χ4n) is 2.29. The van der Waals surface area contributed by atoms with Gasteiger partial charge in [-0.15, -0.1) is 0 Å². The zero-order chi connectivity index (χ0) is 12.5. The molecule has 4 heteroatoms. The number of carbonyl (C=O) groups is 1. The molecular formula is C14H13NO3. The van der Waals surface area contributed by atoms with Gasteiger partial charge in [-0.05, 0) is 5.56 Å². The van der Waals surface area contributed by atoms with Crippen LogP contribution in [0.15, 0.2) is 34.9 Å². The van der Waals surface area contributed by atoms with E-state index in [1.165, 1.54) is 6.92 Å². The first kappa shape index (κ1) is 11.2. The molecule has 2 aromatic rings. The topological polar surface area (TPSA) is 52.3 Å². The van der Waals surface area contributed by atoms with Crippen molar-refractivity contribution in [3.63, 3.8) is 0 Å². The third-order valence-electron chi connectivity index (χ3n) is 3.13. The summed E-state index contributed by atoms with van der Waals surface area (Å²) in [6.45, 7) is 2.07. The normalized spacial score (nSPS) is 18.4. The predicted molar refractivity (Wildman–Crippen MR) is 64.4 cm³/mol. The molecule has 0 radical (unpaired) electrons. The highest BCUT2D eigenvalue weighted by Gasteiger charge is 2.30. The van der Waals surface area contributed by atoms with Crippen LogP contribution in [0, 0.1) is 0 Å². The Morgan fingerprint density at radius 1 is 1.33 bits per heavy atom. The van der Waals surface area contributed by atoms with E-state index in [4.69, 9.17) is 9.26 Å². The van der Waals surface area contributed by atoms with Crippen LogP contribution in [0.2, 0.25) is 0 Å². The van der Waals surface area contributed by atoms with E-state index >= 15 is 0 Å². The quantitative estimate of drug-likeness (QED) is 0.760. The molecule has 4 nitrogen and oxygen atoms in total. The Bertz CT molecular complexity index is 574. The summed E-state index contributed by atoms with van der Waals surface area (Å²) in [6, 6.07) is 9.85. The van der Waals surface area contributed by atoms with E-state index in [0.717, 1.165) is 16.8 Å². The van der Waals surface area contributed by atoms with E-state index in [0.29, 0.717) is 18.8 Å². The van der Waals surface area contributed by atoms with Gasteiger partial charge in [0.1, 0.15) is 11.8 Å². The van der Waals surface area contributed by atoms with Gasteiger partial charge in [0.25, 0.3) is 0 Å². The zero-order valence-electron chi connectivity index (χ0n) is 10.1. The smallest absolute Gasteiger partial charge is 0.205 e. The SMILES string of the molecule is CC(=O)c1onc2c1CCOC2c1ccccc1. The van der Waals surface area contributed by atoms with Crippen molar-refractivity contribution in [1.29, 1.82) is 0 Å². The van der Waals surface area contributed by atoms with E-state index in [1.54, 1.807) is 0 Å². The number of nitrogens with zero attached hydrogens (tertiary/aromatic N) is 1. The Kier molecular flexibility index (Phi) is 2.72. The van der Waals surface area contributed by atoms with Crippen LogP contribution in [-0.2, 0) is 11.2 Å². The predicted octanol–water partition coefficient (Wildman–Crippen LogP) is 2.54. The molecule has 0 amide bonds. The second-order valence-corrected chi connectivity index (χ2v) is 4.34. The number of ketones is 1. The monoisotopic (exact) mass is 243 g/mol. The van der Waals surface area contributed by atoms with Crippen LogP contribution in [0.4, 0.5) is 0 Å². The number of rotatable bonds is 2. The van der Waals surface area contributed by atoms with Gasteiger partial charge in [-0.2, -0.15) is 0 Å². The fraction of sp³-hybridized carbons (Fsp3) is 0.286. The minimum absolute atomic E-state index is 0.0857. The number of fused-ring (bicyclic) bond motifs is 1. The van der Waals surface area contributed by atoms with Gasteiger partial charge in [0, 0.05) is 18.9 Å². The molecule has 18 heavy (non-hydrogen) atoms. The number of ether oxygens (including phenoxy) is 1. The molecule has 0 bridgehead atoms. The fourth-order valence-corrected chi connectivity index (χ4v) is 2.29. The van der Waals surface area contributed by atoms with Crippen molar-refractivity contribution in [2.45, 2.75) is 19.4 Å². The number of hydrogen-bond acceptors (Lipinski definition) is 4. The first-order valence-electron chi connectivity index (χ1n) is 5.93. The number of carbonyl (C=O) groups excluding carboxylic acids is 1. The van der Waals surface area contributed by atoms with Gasteiger partial charge in [0.15, 0.2) is 5.78 Å². The average molecular weight is 243 g/mol. The molecule has 0 saturated heterocycles. The van der Waals surface area contributed by atoms with Crippen LogP contribution in [0.3, 0.4) is 0 Å². The Morgan fingerprint density at radius 2 is 2.11 bits per heavy atom. The summed E-state index contributed by atoms with van der Waals surface area (Å²) in [5, 5.41) is 4.01. The standard InChI is InChI=1S/C14H13NO3/c1-9(16)13-11-7-8-17-14(12(11)15-18-13)10-5-3-2-4-6-10/h2-6,14H,7-8H2,1H3. The van der Waals surface area contributed by atoms with E-state index in [9.17, 15) is 4.79 Å².